The summed E-state index contributed by atoms with van der Waals surface area (Å²) in [6.07, 6.45) is 3.80. The van der Waals surface area contributed by atoms with Crippen molar-refractivity contribution in [1.29, 1.82) is 0 Å². The number of hydrogen-bond donors (Lipinski definition) is 0. The van der Waals surface area contributed by atoms with Crippen LogP contribution in [0.15, 0.2) is 65.4 Å². The minimum Gasteiger partial charge on any atom is -0.295 e. The van der Waals surface area contributed by atoms with Gasteiger partial charge < -0.3 is 0 Å². The van der Waals surface area contributed by atoms with Crippen molar-refractivity contribution in [2.75, 3.05) is 4.90 Å². The molecule has 0 fully saturated rings. The van der Waals surface area contributed by atoms with Crippen LogP contribution in [0.3, 0.4) is 0 Å². The highest BCUT2D eigenvalue weighted by molar-refractivity contribution is 7.98. The number of thioether (sulfide) groups is 1. The Morgan fingerprint density at radius 1 is 1.13 bits per heavy atom. The Bertz CT molecular complexity index is 1230. The summed E-state index contributed by atoms with van der Waals surface area (Å²) in [6.45, 7) is 7.82. The Morgan fingerprint density at radius 2 is 1.97 bits per heavy atom. The molecule has 0 spiro atoms. The summed E-state index contributed by atoms with van der Waals surface area (Å²) in [5, 5.41) is 3.61. The van der Waals surface area contributed by atoms with Crippen LogP contribution < -0.4 is 4.90 Å². The highest BCUT2D eigenvalue weighted by Crippen LogP contribution is 2.32. The summed E-state index contributed by atoms with van der Waals surface area (Å²) in [6, 6.07) is 14.3. The Morgan fingerprint density at radius 3 is 2.71 bits per heavy atom. The number of aromatic nitrogens is 3. The second-order valence-electron chi connectivity index (χ2n) is 7.45. The van der Waals surface area contributed by atoms with Gasteiger partial charge in [0.05, 0.1) is 11.4 Å². The average Bonchev–Trinajstić information content (AvgIpc) is 3.38. The zero-order valence-electron chi connectivity index (χ0n) is 18.0. The third-order valence-electron chi connectivity index (χ3n) is 5.03. The van der Waals surface area contributed by atoms with Crippen molar-refractivity contribution >= 4 is 39.8 Å². The lowest BCUT2D eigenvalue weighted by Crippen LogP contribution is -2.22. The van der Waals surface area contributed by atoms with Crippen LogP contribution in [0, 0.1) is 20.8 Å². The van der Waals surface area contributed by atoms with E-state index in [4.69, 9.17) is 4.98 Å². The summed E-state index contributed by atoms with van der Waals surface area (Å²) in [5.41, 5.74) is 6.51. The number of carbonyl (C=O) groups excluding carboxylic acids is 1. The molecule has 0 bridgehead atoms. The number of aryl methyl sites for hydroxylation is 3. The first kappa shape index (κ1) is 21.3. The second-order valence-corrected chi connectivity index (χ2v) is 9.23. The molecule has 0 saturated carbocycles. The van der Waals surface area contributed by atoms with E-state index in [1.807, 2.05) is 49.0 Å². The Balaban J connectivity index is 1.52. The molecule has 158 valence electrons. The van der Waals surface area contributed by atoms with Gasteiger partial charge >= 0.3 is 0 Å². The molecule has 1 amide bonds. The Labute approximate surface area is 190 Å². The SMILES string of the molecule is CC(=O)N(c1cccc(C)c1)c1nc(CSc2nccn2-c2ccc(C)c(C)c2)cs1. The van der Waals surface area contributed by atoms with Gasteiger partial charge in [-0.3, -0.25) is 14.3 Å². The molecule has 0 radical (unpaired) electrons. The number of nitrogens with zero attached hydrogens (tertiary/aromatic N) is 4. The van der Waals surface area contributed by atoms with Gasteiger partial charge in [-0.2, -0.15) is 0 Å². The van der Waals surface area contributed by atoms with Crippen molar-refractivity contribution in [1.82, 2.24) is 14.5 Å². The minimum absolute atomic E-state index is 0.0514. The smallest absolute Gasteiger partial charge is 0.230 e. The lowest BCUT2D eigenvalue weighted by molar-refractivity contribution is -0.115. The molecule has 0 N–H and O–H groups in total. The molecule has 5 nitrogen and oxygen atoms in total. The van der Waals surface area contributed by atoms with Gasteiger partial charge in [0.15, 0.2) is 10.3 Å². The van der Waals surface area contributed by atoms with Crippen LogP contribution in [0.4, 0.5) is 10.8 Å². The lowest BCUT2D eigenvalue weighted by Gasteiger charge is -2.18. The number of amides is 1. The van der Waals surface area contributed by atoms with Crippen molar-refractivity contribution in [3.8, 4) is 5.69 Å². The fourth-order valence-electron chi connectivity index (χ4n) is 3.27. The lowest BCUT2D eigenvalue weighted by atomic mass is 10.1. The molecule has 4 aromatic rings. The van der Waals surface area contributed by atoms with Crippen LogP contribution in [0.2, 0.25) is 0 Å². The third-order valence-corrected chi connectivity index (χ3v) is 6.91. The highest BCUT2D eigenvalue weighted by atomic mass is 32.2. The van der Waals surface area contributed by atoms with Gasteiger partial charge in [-0.05, 0) is 61.7 Å². The normalized spacial score (nSPS) is 11.0. The zero-order valence-corrected chi connectivity index (χ0v) is 19.6. The molecule has 0 aliphatic carbocycles. The molecular formula is C24H24N4OS2. The van der Waals surface area contributed by atoms with Crippen LogP contribution in [0.25, 0.3) is 5.69 Å². The van der Waals surface area contributed by atoms with E-state index in [9.17, 15) is 4.79 Å². The fraction of sp³-hybridized carbons (Fsp3) is 0.208. The zero-order chi connectivity index (χ0) is 22.0. The van der Waals surface area contributed by atoms with Crippen molar-refractivity contribution in [3.05, 3.63) is 82.6 Å². The monoisotopic (exact) mass is 448 g/mol. The van der Waals surface area contributed by atoms with E-state index >= 15 is 0 Å². The maximum Gasteiger partial charge on any atom is 0.230 e. The van der Waals surface area contributed by atoms with Crippen LogP contribution in [-0.2, 0) is 10.5 Å². The number of benzene rings is 2. The Hall–Kier alpha value is -2.90. The first-order valence-corrected chi connectivity index (χ1v) is 11.8. The van der Waals surface area contributed by atoms with E-state index in [0.29, 0.717) is 10.9 Å². The molecule has 0 unspecified atom stereocenters. The van der Waals surface area contributed by atoms with Gasteiger partial charge in [0.25, 0.3) is 0 Å². The van der Waals surface area contributed by atoms with Crippen molar-refractivity contribution in [2.45, 2.75) is 38.6 Å². The van der Waals surface area contributed by atoms with Crippen molar-refractivity contribution in [2.24, 2.45) is 0 Å². The van der Waals surface area contributed by atoms with Gasteiger partial charge in [-0.15, -0.1) is 11.3 Å². The average molecular weight is 449 g/mol. The third kappa shape index (κ3) is 4.73. The largest absolute Gasteiger partial charge is 0.295 e. The first-order valence-electron chi connectivity index (χ1n) is 9.98. The molecule has 2 aromatic heterocycles. The quantitative estimate of drug-likeness (QED) is 0.328. The second kappa shape index (κ2) is 9.08. The molecule has 2 heterocycles. The summed E-state index contributed by atoms with van der Waals surface area (Å²) in [7, 11) is 0. The maximum absolute atomic E-state index is 12.3. The highest BCUT2D eigenvalue weighted by Gasteiger charge is 2.18. The van der Waals surface area contributed by atoms with E-state index in [1.54, 1.807) is 23.6 Å². The molecule has 4 rings (SSSR count). The first-order chi connectivity index (χ1) is 14.9. The van der Waals surface area contributed by atoms with Crippen LogP contribution in [0.1, 0.15) is 29.3 Å². The topological polar surface area (TPSA) is 51.0 Å². The standard InChI is InChI=1S/C24H24N4OS2/c1-16-6-5-7-22(12-16)28(19(4)29)24-26-20(15-31-24)14-30-23-25-10-11-27(23)21-9-8-17(2)18(3)13-21/h5-13,15H,14H2,1-4H3. The van der Waals surface area contributed by atoms with E-state index < -0.39 is 0 Å². The number of imidazole rings is 1. The van der Waals surface area contributed by atoms with Crippen molar-refractivity contribution in [3.63, 3.8) is 0 Å². The summed E-state index contributed by atoms with van der Waals surface area (Å²) < 4.78 is 2.10. The molecule has 0 saturated heterocycles. The molecule has 31 heavy (non-hydrogen) atoms. The minimum atomic E-state index is -0.0514. The molecular weight excluding hydrogens is 424 g/mol. The van der Waals surface area contributed by atoms with E-state index in [-0.39, 0.29) is 5.91 Å². The molecule has 7 heteroatoms. The molecule has 2 aromatic carbocycles. The Kier molecular flexibility index (Phi) is 6.25. The van der Waals surface area contributed by atoms with Crippen LogP contribution in [0.5, 0.6) is 0 Å². The predicted octanol–water partition coefficient (Wildman–Crippen LogP) is 6.23. The number of hydrogen-bond acceptors (Lipinski definition) is 5. The van der Waals surface area contributed by atoms with E-state index in [1.165, 1.54) is 22.5 Å². The van der Waals surface area contributed by atoms with Gasteiger partial charge in [0.2, 0.25) is 5.91 Å². The van der Waals surface area contributed by atoms with Gasteiger partial charge in [-0.1, -0.05) is 30.0 Å². The summed E-state index contributed by atoms with van der Waals surface area (Å²) in [5.74, 6) is 0.627. The molecule has 0 atom stereocenters. The van der Waals surface area contributed by atoms with E-state index in [2.05, 4.69) is 41.6 Å². The maximum atomic E-state index is 12.3. The van der Waals surface area contributed by atoms with Crippen LogP contribution in [-0.4, -0.2) is 20.4 Å². The number of rotatable bonds is 6. The van der Waals surface area contributed by atoms with Gasteiger partial charge in [0.1, 0.15) is 0 Å². The van der Waals surface area contributed by atoms with Gasteiger partial charge in [-0.25, -0.2) is 9.97 Å². The molecule has 0 aliphatic heterocycles. The number of thiazole rings is 1. The summed E-state index contributed by atoms with van der Waals surface area (Å²) in [4.78, 5) is 23.3. The molecule has 0 aliphatic rings. The number of carbonyl (C=O) groups is 1. The summed E-state index contributed by atoms with van der Waals surface area (Å²) >= 11 is 3.12. The fourth-order valence-corrected chi connectivity index (χ4v) is 5.12. The van der Waals surface area contributed by atoms with Crippen LogP contribution >= 0.6 is 23.1 Å². The number of anilines is 2. The van der Waals surface area contributed by atoms with Gasteiger partial charge in [0, 0.05) is 36.1 Å². The van der Waals surface area contributed by atoms with Crippen molar-refractivity contribution < 1.29 is 4.79 Å². The van der Waals surface area contributed by atoms with E-state index in [0.717, 1.165) is 27.8 Å². The predicted molar refractivity (Wildman–Crippen MR) is 129 cm³/mol.